The summed E-state index contributed by atoms with van der Waals surface area (Å²) >= 11 is 6.03. The molecule has 0 fully saturated rings. The van der Waals surface area contributed by atoms with Crippen LogP contribution < -0.4 is 4.74 Å². The highest BCUT2D eigenvalue weighted by Gasteiger charge is 2.13. The maximum atomic E-state index is 11.3. The van der Waals surface area contributed by atoms with Crippen molar-refractivity contribution in [3.8, 4) is 5.75 Å². The number of hydrogen-bond acceptors (Lipinski definition) is 2. The Morgan fingerprint density at radius 3 is 2.62 bits per heavy atom. The van der Waals surface area contributed by atoms with Crippen LogP contribution in [0.5, 0.6) is 5.75 Å². The molecule has 0 bridgehead atoms. The van der Waals surface area contributed by atoms with Crippen molar-refractivity contribution in [3.63, 3.8) is 0 Å². The molecule has 0 spiro atoms. The maximum Gasteiger partial charge on any atom is 0.137 e. The second-order valence-corrected chi connectivity index (χ2v) is 4.30. The predicted molar refractivity (Wildman–Crippen MR) is 66.2 cm³/mol. The summed E-state index contributed by atoms with van der Waals surface area (Å²) in [6.45, 7) is 3.66. The van der Waals surface area contributed by atoms with Crippen LogP contribution in [0.3, 0.4) is 0 Å². The Balaban J connectivity index is 2.81. The molecule has 0 aliphatic carbocycles. The van der Waals surface area contributed by atoms with Crippen molar-refractivity contribution in [2.24, 2.45) is 5.92 Å². The maximum absolute atomic E-state index is 11.3. The summed E-state index contributed by atoms with van der Waals surface area (Å²) in [5.41, 5.74) is 1.08. The third-order valence-corrected chi connectivity index (χ3v) is 3.06. The van der Waals surface area contributed by atoms with Crippen LogP contribution in [-0.2, 0) is 11.2 Å². The first kappa shape index (κ1) is 13.0. The Labute approximate surface area is 102 Å². The predicted octanol–water partition coefficient (Wildman–Crippen LogP) is 3.51. The standard InChI is InChI=1S/C13H17ClO2/c1-4-11(9(2)15)7-10-5-6-13(16-3)12(14)8-10/h5-6,8,11H,4,7H2,1-3H3. The average molecular weight is 241 g/mol. The molecule has 0 saturated carbocycles. The number of ether oxygens (including phenoxy) is 1. The normalized spacial score (nSPS) is 12.2. The van der Waals surface area contributed by atoms with Crippen LogP contribution in [0.25, 0.3) is 0 Å². The van der Waals surface area contributed by atoms with Gasteiger partial charge in [0.05, 0.1) is 12.1 Å². The first-order chi connectivity index (χ1) is 7.58. The van der Waals surface area contributed by atoms with E-state index in [4.69, 9.17) is 16.3 Å². The van der Waals surface area contributed by atoms with Gasteiger partial charge in [-0.25, -0.2) is 0 Å². The minimum absolute atomic E-state index is 0.0875. The Kier molecular flexibility index (Phi) is 4.81. The number of methoxy groups -OCH3 is 1. The molecule has 0 aromatic heterocycles. The number of rotatable bonds is 5. The van der Waals surface area contributed by atoms with Gasteiger partial charge in [0.15, 0.2) is 0 Å². The first-order valence-corrected chi connectivity index (χ1v) is 5.79. The lowest BCUT2D eigenvalue weighted by Crippen LogP contribution is -2.12. The molecule has 16 heavy (non-hydrogen) atoms. The van der Waals surface area contributed by atoms with E-state index in [-0.39, 0.29) is 11.7 Å². The number of ketones is 1. The quantitative estimate of drug-likeness (QED) is 0.787. The number of Topliss-reactive ketones (excluding diaryl/α,β-unsaturated/α-hetero) is 1. The Bertz CT molecular complexity index is 374. The Morgan fingerprint density at radius 2 is 2.19 bits per heavy atom. The van der Waals surface area contributed by atoms with E-state index in [0.717, 1.165) is 18.4 Å². The highest BCUT2D eigenvalue weighted by molar-refractivity contribution is 6.32. The number of hydrogen-bond donors (Lipinski definition) is 0. The van der Waals surface area contributed by atoms with E-state index in [1.807, 2.05) is 25.1 Å². The van der Waals surface area contributed by atoms with Crippen molar-refractivity contribution in [1.82, 2.24) is 0 Å². The lowest BCUT2D eigenvalue weighted by atomic mass is 9.94. The molecule has 0 heterocycles. The molecule has 0 N–H and O–H groups in total. The number of benzene rings is 1. The van der Waals surface area contributed by atoms with E-state index in [9.17, 15) is 4.79 Å². The monoisotopic (exact) mass is 240 g/mol. The van der Waals surface area contributed by atoms with Gasteiger partial charge in [0.1, 0.15) is 11.5 Å². The molecule has 0 radical (unpaired) electrons. The van der Waals surface area contributed by atoms with Crippen molar-refractivity contribution < 1.29 is 9.53 Å². The summed E-state index contributed by atoms with van der Waals surface area (Å²) in [7, 11) is 1.59. The lowest BCUT2D eigenvalue weighted by molar-refractivity contribution is -0.120. The van der Waals surface area contributed by atoms with Crippen molar-refractivity contribution >= 4 is 17.4 Å². The van der Waals surface area contributed by atoms with Crippen LogP contribution in [0.1, 0.15) is 25.8 Å². The van der Waals surface area contributed by atoms with Gasteiger partial charge in [0, 0.05) is 5.92 Å². The highest BCUT2D eigenvalue weighted by atomic mass is 35.5. The van der Waals surface area contributed by atoms with Gasteiger partial charge in [-0.2, -0.15) is 0 Å². The van der Waals surface area contributed by atoms with Crippen LogP contribution in [0.4, 0.5) is 0 Å². The molecule has 1 aromatic rings. The summed E-state index contributed by atoms with van der Waals surface area (Å²) in [5, 5.41) is 0.596. The molecule has 88 valence electrons. The van der Waals surface area contributed by atoms with E-state index in [0.29, 0.717) is 10.8 Å². The van der Waals surface area contributed by atoms with Crippen molar-refractivity contribution in [3.05, 3.63) is 28.8 Å². The molecule has 1 unspecified atom stereocenters. The molecular weight excluding hydrogens is 224 g/mol. The van der Waals surface area contributed by atoms with E-state index in [1.165, 1.54) is 0 Å². The number of carbonyl (C=O) groups is 1. The Hall–Kier alpha value is -1.02. The zero-order valence-electron chi connectivity index (χ0n) is 9.92. The average Bonchev–Trinajstić information content (AvgIpc) is 2.25. The smallest absolute Gasteiger partial charge is 0.137 e. The largest absolute Gasteiger partial charge is 0.495 e. The van der Waals surface area contributed by atoms with Gasteiger partial charge < -0.3 is 4.74 Å². The van der Waals surface area contributed by atoms with Crippen LogP contribution in [0.2, 0.25) is 5.02 Å². The van der Waals surface area contributed by atoms with Crippen LogP contribution in [0.15, 0.2) is 18.2 Å². The topological polar surface area (TPSA) is 26.3 Å². The van der Waals surface area contributed by atoms with Crippen LogP contribution in [-0.4, -0.2) is 12.9 Å². The fourth-order valence-electron chi connectivity index (χ4n) is 1.70. The van der Waals surface area contributed by atoms with Gasteiger partial charge in [0.2, 0.25) is 0 Å². The second-order valence-electron chi connectivity index (χ2n) is 3.89. The summed E-state index contributed by atoms with van der Waals surface area (Å²) < 4.78 is 5.08. The fraction of sp³-hybridized carbons (Fsp3) is 0.462. The van der Waals surface area contributed by atoms with Crippen LogP contribution >= 0.6 is 11.6 Å². The molecule has 2 nitrogen and oxygen atoms in total. The first-order valence-electron chi connectivity index (χ1n) is 5.41. The zero-order valence-corrected chi connectivity index (χ0v) is 10.7. The van der Waals surface area contributed by atoms with Gasteiger partial charge in [-0.05, 0) is 37.5 Å². The summed E-state index contributed by atoms with van der Waals surface area (Å²) in [6.07, 6.45) is 1.61. The van der Waals surface area contributed by atoms with Crippen LogP contribution in [0, 0.1) is 5.92 Å². The molecule has 0 aliphatic heterocycles. The number of carbonyl (C=O) groups excluding carboxylic acids is 1. The van der Waals surface area contributed by atoms with E-state index in [1.54, 1.807) is 14.0 Å². The van der Waals surface area contributed by atoms with E-state index >= 15 is 0 Å². The zero-order chi connectivity index (χ0) is 12.1. The molecule has 0 amide bonds. The van der Waals surface area contributed by atoms with Gasteiger partial charge in [0.25, 0.3) is 0 Å². The van der Waals surface area contributed by atoms with E-state index in [2.05, 4.69) is 0 Å². The van der Waals surface area contributed by atoms with Gasteiger partial charge in [-0.1, -0.05) is 24.6 Å². The highest BCUT2D eigenvalue weighted by Crippen LogP contribution is 2.26. The molecule has 1 rings (SSSR count). The Morgan fingerprint density at radius 1 is 1.50 bits per heavy atom. The van der Waals surface area contributed by atoms with Gasteiger partial charge in [-0.15, -0.1) is 0 Å². The summed E-state index contributed by atoms with van der Waals surface area (Å²) in [6, 6.07) is 5.66. The van der Waals surface area contributed by atoms with Gasteiger partial charge in [-0.3, -0.25) is 4.79 Å². The molecule has 3 heteroatoms. The van der Waals surface area contributed by atoms with Crippen molar-refractivity contribution in [1.29, 1.82) is 0 Å². The van der Waals surface area contributed by atoms with Crippen molar-refractivity contribution in [2.75, 3.05) is 7.11 Å². The van der Waals surface area contributed by atoms with Gasteiger partial charge >= 0.3 is 0 Å². The number of halogens is 1. The molecule has 1 atom stereocenters. The SMILES string of the molecule is CCC(Cc1ccc(OC)c(Cl)c1)C(C)=O. The lowest BCUT2D eigenvalue weighted by Gasteiger charge is -2.12. The minimum Gasteiger partial charge on any atom is -0.495 e. The van der Waals surface area contributed by atoms with E-state index < -0.39 is 0 Å². The third-order valence-electron chi connectivity index (χ3n) is 2.77. The molecule has 0 aliphatic rings. The second kappa shape index (κ2) is 5.90. The third kappa shape index (κ3) is 3.24. The summed E-state index contributed by atoms with van der Waals surface area (Å²) in [4.78, 5) is 11.3. The molecular formula is C13H17ClO2. The molecule has 0 saturated heterocycles. The minimum atomic E-state index is 0.0875. The summed E-state index contributed by atoms with van der Waals surface area (Å²) in [5.74, 6) is 0.986. The fourth-order valence-corrected chi connectivity index (χ4v) is 1.98. The molecule has 1 aromatic carbocycles. The van der Waals surface area contributed by atoms with Crippen molar-refractivity contribution in [2.45, 2.75) is 26.7 Å².